The first-order valence-corrected chi connectivity index (χ1v) is 5.53. The fourth-order valence-corrected chi connectivity index (χ4v) is 1.54. The van der Waals surface area contributed by atoms with E-state index in [1.54, 1.807) is 6.20 Å². The standard InChI is InChI=1S/C12H12ClN3/c1-9-5-6-14-12(15-9)16-11-4-2-3-10(7-11)8-13/h2-7H,8H2,1H3,(H,14,15,16). The van der Waals surface area contributed by atoms with Crippen molar-refractivity contribution in [3.05, 3.63) is 47.8 Å². The normalized spacial score (nSPS) is 10.1. The van der Waals surface area contributed by atoms with Gasteiger partial charge in [0.05, 0.1) is 0 Å². The van der Waals surface area contributed by atoms with Crippen molar-refractivity contribution in [2.24, 2.45) is 0 Å². The quantitative estimate of drug-likeness (QED) is 0.827. The Morgan fingerprint density at radius 1 is 1.31 bits per heavy atom. The highest BCUT2D eigenvalue weighted by Crippen LogP contribution is 2.15. The number of alkyl halides is 1. The molecular weight excluding hydrogens is 222 g/mol. The summed E-state index contributed by atoms with van der Waals surface area (Å²) < 4.78 is 0. The second-order valence-corrected chi connectivity index (χ2v) is 3.75. The van der Waals surface area contributed by atoms with Crippen LogP contribution in [0.3, 0.4) is 0 Å². The van der Waals surface area contributed by atoms with Crippen LogP contribution in [0.25, 0.3) is 0 Å². The number of rotatable bonds is 3. The summed E-state index contributed by atoms with van der Waals surface area (Å²) >= 11 is 5.77. The maximum Gasteiger partial charge on any atom is 0.227 e. The molecule has 2 rings (SSSR count). The molecule has 1 heterocycles. The highest BCUT2D eigenvalue weighted by Gasteiger charge is 1.98. The third-order valence-electron chi connectivity index (χ3n) is 2.13. The molecule has 0 amide bonds. The smallest absolute Gasteiger partial charge is 0.227 e. The minimum absolute atomic E-state index is 0.504. The summed E-state index contributed by atoms with van der Waals surface area (Å²) in [5, 5.41) is 3.14. The molecule has 3 nitrogen and oxygen atoms in total. The maximum atomic E-state index is 5.77. The monoisotopic (exact) mass is 233 g/mol. The number of hydrogen-bond donors (Lipinski definition) is 1. The number of anilines is 2. The Morgan fingerprint density at radius 3 is 2.94 bits per heavy atom. The SMILES string of the molecule is Cc1ccnc(Nc2cccc(CCl)c2)n1. The molecule has 0 saturated carbocycles. The van der Waals surface area contributed by atoms with Gasteiger partial charge in [0.1, 0.15) is 0 Å². The van der Waals surface area contributed by atoms with Gasteiger partial charge >= 0.3 is 0 Å². The van der Waals surface area contributed by atoms with Crippen molar-refractivity contribution < 1.29 is 0 Å². The molecule has 2 aromatic rings. The van der Waals surface area contributed by atoms with Crippen molar-refractivity contribution in [2.75, 3.05) is 5.32 Å². The van der Waals surface area contributed by atoms with Crippen LogP contribution in [-0.4, -0.2) is 9.97 Å². The van der Waals surface area contributed by atoms with E-state index in [0.29, 0.717) is 11.8 Å². The van der Waals surface area contributed by atoms with Crippen LogP contribution in [0.2, 0.25) is 0 Å². The van der Waals surface area contributed by atoms with Gasteiger partial charge in [0, 0.05) is 23.5 Å². The fraction of sp³-hybridized carbons (Fsp3) is 0.167. The van der Waals surface area contributed by atoms with E-state index in [1.165, 1.54) is 0 Å². The van der Waals surface area contributed by atoms with E-state index in [4.69, 9.17) is 11.6 Å². The number of halogens is 1. The zero-order valence-corrected chi connectivity index (χ0v) is 9.70. The Hall–Kier alpha value is -1.61. The van der Waals surface area contributed by atoms with Gasteiger partial charge in [0.2, 0.25) is 5.95 Å². The number of aromatic nitrogens is 2. The molecular formula is C12H12ClN3. The van der Waals surface area contributed by atoms with Crippen LogP contribution >= 0.6 is 11.6 Å². The molecule has 1 aromatic carbocycles. The van der Waals surface area contributed by atoms with E-state index >= 15 is 0 Å². The van der Waals surface area contributed by atoms with Gasteiger partial charge < -0.3 is 5.32 Å². The Morgan fingerprint density at radius 2 is 2.19 bits per heavy atom. The third-order valence-corrected chi connectivity index (χ3v) is 2.44. The van der Waals surface area contributed by atoms with Crippen LogP contribution in [0.1, 0.15) is 11.3 Å². The lowest BCUT2D eigenvalue weighted by Crippen LogP contribution is -1.97. The molecule has 1 aromatic heterocycles. The number of nitrogens with zero attached hydrogens (tertiary/aromatic N) is 2. The van der Waals surface area contributed by atoms with Crippen LogP contribution in [0, 0.1) is 6.92 Å². The molecule has 0 unspecified atom stereocenters. The summed E-state index contributed by atoms with van der Waals surface area (Å²) in [5.74, 6) is 1.11. The molecule has 0 atom stereocenters. The van der Waals surface area contributed by atoms with Crippen LogP contribution in [-0.2, 0) is 5.88 Å². The second kappa shape index (κ2) is 4.94. The average Bonchev–Trinajstić information content (AvgIpc) is 2.29. The van der Waals surface area contributed by atoms with Crippen molar-refractivity contribution in [3.8, 4) is 0 Å². The van der Waals surface area contributed by atoms with Gasteiger partial charge in [-0.15, -0.1) is 11.6 Å². The Balaban J connectivity index is 2.20. The van der Waals surface area contributed by atoms with E-state index in [2.05, 4.69) is 15.3 Å². The third kappa shape index (κ3) is 2.70. The molecule has 0 aliphatic carbocycles. The zero-order valence-electron chi connectivity index (χ0n) is 8.94. The summed E-state index contributed by atoms with van der Waals surface area (Å²) in [7, 11) is 0. The van der Waals surface area contributed by atoms with Gasteiger partial charge in [-0.05, 0) is 30.7 Å². The molecule has 0 aliphatic heterocycles. The number of nitrogens with one attached hydrogen (secondary N) is 1. The number of hydrogen-bond acceptors (Lipinski definition) is 3. The molecule has 0 aliphatic rings. The Labute approximate surface area is 99.5 Å². The van der Waals surface area contributed by atoms with Crippen molar-refractivity contribution in [3.63, 3.8) is 0 Å². The van der Waals surface area contributed by atoms with Crippen molar-refractivity contribution in [1.29, 1.82) is 0 Å². The summed E-state index contributed by atoms with van der Waals surface area (Å²) in [4.78, 5) is 8.40. The average molecular weight is 234 g/mol. The van der Waals surface area contributed by atoms with E-state index in [-0.39, 0.29) is 0 Å². The molecule has 0 bridgehead atoms. The molecule has 0 saturated heterocycles. The minimum atomic E-state index is 0.504. The molecule has 16 heavy (non-hydrogen) atoms. The van der Waals surface area contributed by atoms with E-state index in [1.807, 2.05) is 37.3 Å². The summed E-state index contributed by atoms with van der Waals surface area (Å²) in [6, 6.07) is 9.74. The highest BCUT2D eigenvalue weighted by atomic mass is 35.5. The molecule has 1 N–H and O–H groups in total. The highest BCUT2D eigenvalue weighted by molar-refractivity contribution is 6.17. The maximum absolute atomic E-state index is 5.77. The topological polar surface area (TPSA) is 37.8 Å². The van der Waals surface area contributed by atoms with Crippen molar-refractivity contribution in [2.45, 2.75) is 12.8 Å². The predicted octanol–water partition coefficient (Wildman–Crippen LogP) is 3.27. The van der Waals surface area contributed by atoms with Gasteiger partial charge in [0.15, 0.2) is 0 Å². The molecule has 82 valence electrons. The molecule has 4 heteroatoms. The van der Waals surface area contributed by atoms with Crippen LogP contribution < -0.4 is 5.32 Å². The van der Waals surface area contributed by atoms with Gasteiger partial charge in [-0.1, -0.05) is 12.1 Å². The first-order valence-electron chi connectivity index (χ1n) is 4.99. The van der Waals surface area contributed by atoms with Crippen LogP contribution in [0.5, 0.6) is 0 Å². The van der Waals surface area contributed by atoms with Crippen molar-refractivity contribution in [1.82, 2.24) is 9.97 Å². The van der Waals surface area contributed by atoms with E-state index in [9.17, 15) is 0 Å². The summed E-state index contributed by atoms with van der Waals surface area (Å²) in [6.45, 7) is 1.93. The van der Waals surface area contributed by atoms with Gasteiger partial charge in [0.25, 0.3) is 0 Å². The van der Waals surface area contributed by atoms with Gasteiger partial charge in [-0.2, -0.15) is 0 Å². The first-order chi connectivity index (χ1) is 7.78. The lowest BCUT2D eigenvalue weighted by molar-refractivity contribution is 1.10. The minimum Gasteiger partial charge on any atom is -0.324 e. The first kappa shape index (κ1) is 10.9. The Kier molecular flexibility index (Phi) is 3.37. The zero-order chi connectivity index (χ0) is 11.4. The number of aryl methyl sites for hydroxylation is 1. The van der Waals surface area contributed by atoms with Crippen molar-refractivity contribution >= 4 is 23.2 Å². The number of benzene rings is 1. The lowest BCUT2D eigenvalue weighted by atomic mass is 10.2. The second-order valence-electron chi connectivity index (χ2n) is 3.48. The van der Waals surface area contributed by atoms with Crippen LogP contribution in [0.15, 0.2) is 36.5 Å². The lowest BCUT2D eigenvalue weighted by Gasteiger charge is -2.05. The molecule has 0 radical (unpaired) electrons. The molecule has 0 fully saturated rings. The van der Waals surface area contributed by atoms with E-state index < -0.39 is 0 Å². The fourth-order valence-electron chi connectivity index (χ4n) is 1.37. The predicted molar refractivity (Wildman–Crippen MR) is 66.1 cm³/mol. The Bertz CT molecular complexity index is 485. The largest absolute Gasteiger partial charge is 0.324 e. The van der Waals surface area contributed by atoms with Crippen LogP contribution in [0.4, 0.5) is 11.6 Å². The molecule has 0 spiro atoms. The van der Waals surface area contributed by atoms with E-state index in [0.717, 1.165) is 16.9 Å². The van der Waals surface area contributed by atoms with Gasteiger partial charge in [-0.3, -0.25) is 0 Å². The summed E-state index contributed by atoms with van der Waals surface area (Å²) in [5.41, 5.74) is 2.95. The van der Waals surface area contributed by atoms with Gasteiger partial charge in [-0.25, -0.2) is 9.97 Å². The summed E-state index contributed by atoms with van der Waals surface area (Å²) in [6.07, 6.45) is 1.73.